The lowest BCUT2D eigenvalue weighted by atomic mass is 10.1. The monoisotopic (exact) mass is 282 g/mol. The molecule has 2 aromatic rings. The van der Waals surface area contributed by atoms with Crippen LogP contribution in [0, 0.1) is 0 Å². The third-order valence-electron chi connectivity index (χ3n) is 2.69. The van der Waals surface area contributed by atoms with Crippen molar-refractivity contribution >= 4 is 15.9 Å². The minimum Gasteiger partial charge on any atom is -0.446 e. The predicted molar refractivity (Wildman–Crippen MR) is 61.7 cm³/mol. The van der Waals surface area contributed by atoms with Crippen molar-refractivity contribution < 1.29 is 4.42 Å². The number of hydrogen-bond acceptors (Lipinski definition) is 4. The van der Waals surface area contributed by atoms with Crippen molar-refractivity contribution in [3.63, 3.8) is 0 Å². The van der Waals surface area contributed by atoms with Crippen LogP contribution >= 0.6 is 15.9 Å². The largest absolute Gasteiger partial charge is 0.446 e. The number of aryl methyl sites for hydroxylation is 1. The van der Waals surface area contributed by atoms with E-state index < -0.39 is 0 Å². The highest BCUT2D eigenvalue weighted by Crippen LogP contribution is 2.23. The van der Waals surface area contributed by atoms with E-state index in [1.807, 2.05) is 16.8 Å². The van der Waals surface area contributed by atoms with Gasteiger partial charge in [-0.3, -0.25) is 0 Å². The van der Waals surface area contributed by atoms with Gasteiger partial charge in [0.15, 0.2) is 10.4 Å². The Morgan fingerprint density at radius 2 is 2.38 bits per heavy atom. The average molecular weight is 283 g/mol. The fourth-order valence-corrected chi connectivity index (χ4v) is 2.18. The molecule has 0 radical (unpaired) electrons. The zero-order valence-corrected chi connectivity index (χ0v) is 10.1. The molecule has 3 rings (SSSR count). The molecule has 2 aromatic heterocycles. The average Bonchev–Trinajstić information content (AvgIpc) is 2.83. The minimum atomic E-state index is 0.186. The normalized spacial score (nSPS) is 19.8. The Labute approximate surface area is 101 Å². The molecule has 2 N–H and O–H groups in total. The lowest BCUT2D eigenvalue weighted by molar-refractivity contribution is 0.421. The van der Waals surface area contributed by atoms with Gasteiger partial charge in [0.1, 0.15) is 5.82 Å². The predicted octanol–water partition coefficient (Wildman–Crippen LogP) is 1.57. The number of hydrogen-bond donors (Lipinski definition) is 1. The maximum atomic E-state index is 5.88. The Morgan fingerprint density at radius 1 is 1.50 bits per heavy atom. The van der Waals surface area contributed by atoms with Crippen LogP contribution in [0.4, 0.5) is 0 Å². The quantitative estimate of drug-likeness (QED) is 0.862. The van der Waals surface area contributed by atoms with Crippen molar-refractivity contribution in [2.24, 2.45) is 5.73 Å². The smallest absolute Gasteiger partial charge is 0.217 e. The highest BCUT2D eigenvalue weighted by atomic mass is 79.9. The van der Waals surface area contributed by atoms with E-state index in [1.165, 1.54) is 0 Å². The summed E-state index contributed by atoms with van der Waals surface area (Å²) in [6.07, 6.45) is 1.86. The van der Waals surface area contributed by atoms with Crippen LogP contribution < -0.4 is 5.73 Å². The van der Waals surface area contributed by atoms with Crippen LogP contribution in [0.2, 0.25) is 0 Å². The number of nitrogens with zero attached hydrogens (tertiary/aromatic N) is 3. The van der Waals surface area contributed by atoms with Crippen LogP contribution in [0.3, 0.4) is 0 Å². The summed E-state index contributed by atoms with van der Waals surface area (Å²) in [7, 11) is 0. The number of halogens is 1. The molecule has 0 aliphatic carbocycles. The molecule has 0 fully saturated rings. The number of rotatable bonds is 1. The van der Waals surface area contributed by atoms with Gasteiger partial charge in [-0.25, -0.2) is 9.67 Å². The van der Waals surface area contributed by atoms with E-state index in [0.717, 1.165) is 25.2 Å². The van der Waals surface area contributed by atoms with Crippen LogP contribution in [0.25, 0.3) is 11.6 Å². The maximum Gasteiger partial charge on any atom is 0.217 e. The Balaban J connectivity index is 1.98. The van der Waals surface area contributed by atoms with E-state index in [0.29, 0.717) is 16.3 Å². The molecule has 0 spiro atoms. The summed E-state index contributed by atoms with van der Waals surface area (Å²) >= 11 is 3.26. The molecule has 3 heterocycles. The summed E-state index contributed by atoms with van der Waals surface area (Å²) in [6.45, 7) is 0.740. The van der Waals surface area contributed by atoms with E-state index in [-0.39, 0.29) is 6.04 Å². The molecule has 6 heteroatoms. The van der Waals surface area contributed by atoms with Crippen LogP contribution in [0.15, 0.2) is 21.2 Å². The Bertz CT molecular complexity index is 519. The molecule has 5 nitrogen and oxygen atoms in total. The lowest BCUT2D eigenvalue weighted by Crippen LogP contribution is -2.32. The van der Waals surface area contributed by atoms with Crippen molar-refractivity contribution in [3.05, 3.63) is 22.6 Å². The Morgan fingerprint density at radius 3 is 3.12 bits per heavy atom. The fourth-order valence-electron chi connectivity index (χ4n) is 1.87. The van der Waals surface area contributed by atoms with Gasteiger partial charge in [-0.05, 0) is 34.5 Å². The topological polar surface area (TPSA) is 69.9 Å². The van der Waals surface area contributed by atoms with Gasteiger partial charge >= 0.3 is 0 Å². The molecule has 0 saturated carbocycles. The third-order valence-corrected chi connectivity index (χ3v) is 3.11. The molecule has 16 heavy (non-hydrogen) atoms. The van der Waals surface area contributed by atoms with E-state index in [1.54, 1.807) is 0 Å². The first-order valence-corrected chi connectivity index (χ1v) is 5.96. The standard InChI is InChI=1S/C10H11BrN4O/c11-8-3-2-7(16-8)10-13-9-4-1-6(12)5-15(9)14-10/h2-3,6H,1,4-5,12H2. The Kier molecular flexibility index (Phi) is 2.33. The van der Waals surface area contributed by atoms with E-state index in [4.69, 9.17) is 10.2 Å². The van der Waals surface area contributed by atoms with Gasteiger partial charge < -0.3 is 10.2 Å². The molecular weight excluding hydrogens is 272 g/mol. The summed E-state index contributed by atoms with van der Waals surface area (Å²) in [5.74, 6) is 2.31. The van der Waals surface area contributed by atoms with Gasteiger partial charge in [0, 0.05) is 12.5 Å². The molecule has 84 valence electrons. The molecule has 0 bridgehead atoms. The molecule has 1 atom stereocenters. The first-order chi connectivity index (χ1) is 7.72. The van der Waals surface area contributed by atoms with Crippen LogP contribution in [-0.2, 0) is 13.0 Å². The van der Waals surface area contributed by atoms with Gasteiger partial charge in [0.2, 0.25) is 5.82 Å². The molecule has 0 aromatic carbocycles. The number of fused-ring (bicyclic) bond motifs is 1. The highest BCUT2D eigenvalue weighted by Gasteiger charge is 2.20. The number of aromatic nitrogens is 3. The van der Waals surface area contributed by atoms with Gasteiger partial charge in [-0.15, -0.1) is 5.10 Å². The zero-order chi connectivity index (χ0) is 11.1. The van der Waals surface area contributed by atoms with Crippen LogP contribution in [0.5, 0.6) is 0 Å². The highest BCUT2D eigenvalue weighted by molar-refractivity contribution is 9.10. The van der Waals surface area contributed by atoms with Crippen LogP contribution in [-0.4, -0.2) is 20.8 Å². The van der Waals surface area contributed by atoms with Crippen molar-refractivity contribution in [2.75, 3.05) is 0 Å². The minimum absolute atomic E-state index is 0.186. The first kappa shape index (κ1) is 10.0. The van der Waals surface area contributed by atoms with Gasteiger partial charge in [0.25, 0.3) is 0 Å². The lowest BCUT2D eigenvalue weighted by Gasteiger charge is -2.17. The van der Waals surface area contributed by atoms with Gasteiger partial charge in [-0.2, -0.15) is 0 Å². The summed E-state index contributed by atoms with van der Waals surface area (Å²) in [4.78, 5) is 4.45. The summed E-state index contributed by atoms with van der Waals surface area (Å²) in [6, 6.07) is 3.87. The van der Waals surface area contributed by atoms with E-state index in [9.17, 15) is 0 Å². The van der Waals surface area contributed by atoms with E-state index >= 15 is 0 Å². The van der Waals surface area contributed by atoms with Crippen molar-refractivity contribution in [3.8, 4) is 11.6 Å². The molecule has 1 aliphatic heterocycles. The van der Waals surface area contributed by atoms with E-state index in [2.05, 4.69) is 26.0 Å². The molecule has 0 saturated heterocycles. The zero-order valence-electron chi connectivity index (χ0n) is 8.56. The molecule has 1 unspecified atom stereocenters. The summed E-state index contributed by atoms with van der Waals surface area (Å²) in [5, 5.41) is 4.40. The van der Waals surface area contributed by atoms with Crippen molar-refractivity contribution in [1.29, 1.82) is 0 Å². The Hall–Kier alpha value is -1.14. The number of nitrogens with two attached hydrogens (primary N) is 1. The molecule has 1 aliphatic rings. The van der Waals surface area contributed by atoms with Crippen molar-refractivity contribution in [1.82, 2.24) is 14.8 Å². The van der Waals surface area contributed by atoms with Crippen LogP contribution in [0.1, 0.15) is 12.2 Å². The second-order valence-corrected chi connectivity index (χ2v) is 4.72. The number of furan rings is 1. The maximum absolute atomic E-state index is 5.88. The molecular formula is C10H11BrN4O. The summed E-state index contributed by atoms with van der Waals surface area (Å²) in [5.41, 5.74) is 5.88. The second-order valence-electron chi connectivity index (χ2n) is 3.94. The SMILES string of the molecule is NC1CCc2nc(-c3ccc(Br)o3)nn2C1. The third kappa shape index (κ3) is 1.68. The molecule has 0 amide bonds. The van der Waals surface area contributed by atoms with Gasteiger partial charge in [-0.1, -0.05) is 0 Å². The second kappa shape index (κ2) is 3.71. The van der Waals surface area contributed by atoms with Crippen molar-refractivity contribution in [2.45, 2.75) is 25.4 Å². The summed E-state index contributed by atoms with van der Waals surface area (Å²) < 4.78 is 7.98. The van der Waals surface area contributed by atoms with Gasteiger partial charge in [0.05, 0.1) is 6.54 Å². The first-order valence-electron chi connectivity index (χ1n) is 5.17. The fraction of sp³-hybridized carbons (Fsp3) is 0.400.